The molecule has 0 aliphatic heterocycles. The summed E-state index contributed by atoms with van der Waals surface area (Å²) in [5, 5.41) is 0. The van der Waals surface area contributed by atoms with Crippen LogP contribution < -0.4 is 0 Å². The van der Waals surface area contributed by atoms with Gasteiger partial charge in [0.25, 0.3) is 0 Å². The van der Waals surface area contributed by atoms with Crippen molar-refractivity contribution in [3.63, 3.8) is 0 Å². The quantitative estimate of drug-likeness (QED) is 0.320. The van der Waals surface area contributed by atoms with Crippen molar-refractivity contribution in [2.75, 3.05) is 0 Å². The predicted molar refractivity (Wildman–Crippen MR) is 132 cm³/mol. The normalized spacial score (nSPS) is 10.8. The lowest BCUT2D eigenvalue weighted by atomic mass is 9.86. The van der Waals surface area contributed by atoms with Crippen LogP contribution in [0.5, 0.6) is 0 Å². The van der Waals surface area contributed by atoms with Gasteiger partial charge in [-0.1, -0.05) is 135 Å². The molecule has 30 heavy (non-hydrogen) atoms. The van der Waals surface area contributed by atoms with Crippen LogP contribution in [0.2, 0.25) is 0 Å². The first-order valence-electron chi connectivity index (χ1n) is 10.6. The van der Waals surface area contributed by atoms with Gasteiger partial charge in [0.2, 0.25) is 0 Å². The fourth-order valence-electron chi connectivity index (χ4n) is 3.29. The van der Waals surface area contributed by atoms with Gasteiger partial charge in [0.05, 0.1) is 0 Å². The van der Waals surface area contributed by atoms with Gasteiger partial charge in [-0.3, -0.25) is 0 Å². The molecular formula is C30H32. The van der Waals surface area contributed by atoms with Crippen molar-refractivity contribution in [1.29, 1.82) is 0 Å². The molecule has 0 bridgehead atoms. The third kappa shape index (κ3) is 5.94. The Bertz CT molecular complexity index is 1010. The van der Waals surface area contributed by atoms with Gasteiger partial charge in [-0.25, -0.2) is 0 Å². The van der Waals surface area contributed by atoms with Gasteiger partial charge >= 0.3 is 0 Å². The highest BCUT2D eigenvalue weighted by Crippen LogP contribution is 2.28. The maximum absolute atomic E-state index is 2.25. The summed E-state index contributed by atoms with van der Waals surface area (Å²) in [4.78, 5) is 0. The van der Waals surface area contributed by atoms with E-state index in [2.05, 4.69) is 138 Å². The van der Waals surface area contributed by atoms with Crippen LogP contribution in [0.25, 0.3) is 22.3 Å². The van der Waals surface area contributed by atoms with E-state index in [-0.39, 0.29) is 5.41 Å². The molecule has 0 aliphatic rings. The summed E-state index contributed by atoms with van der Waals surface area (Å²) in [6, 6.07) is 36.7. The fraction of sp³-hybridized carbons (Fsp3) is 0.200. The first-order chi connectivity index (χ1) is 14.3. The minimum absolute atomic E-state index is 0.204. The van der Waals surface area contributed by atoms with Gasteiger partial charge in [-0.15, -0.1) is 0 Å². The topological polar surface area (TPSA) is 0 Å². The second-order valence-electron chi connectivity index (χ2n) is 8.93. The lowest BCUT2D eigenvalue weighted by molar-refractivity contribution is 0.590. The smallest absolute Gasteiger partial charge is 0.0132 e. The van der Waals surface area contributed by atoms with Crippen molar-refractivity contribution in [1.82, 2.24) is 0 Å². The van der Waals surface area contributed by atoms with E-state index in [1.165, 1.54) is 38.9 Å². The summed E-state index contributed by atoms with van der Waals surface area (Å²) in [7, 11) is 0. The number of aryl methyl sites for hydroxylation is 2. The van der Waals surface area contributed by atoms with Gasteiger partial charge in [-0.05, 0) is 47.1 Å². The Morgan fingerprint density at radius 3 is 1.10 bits per heavy atom. The van der Waals surface area contributed by atoms with Gasteiger partial charge in [-0.2, -0.15) is 0 Å². The van der Waals surface area contributed by atoms with Gasteiger partial charge in [0, 0.05) is 0 Å². The molecule has 4 aromatic carbocycles. The van der Waals surface area contributed by atoms with Crippen molar-refractivity contribution in [2.24, 2.45) is 0 Å². The number of rotatable bonds is 2. The number of hydrogen-bond acceptors (Lipinski definition) is 0. The van der Waals surface area contributed by atoms with E-state index >= 15 is 0 Å². The predicted octanol–water partition coefficient (Wildman–Crippen LogP) is 8.62. The van der Waals surface area contributed by atoms with Gasteiger partial charge in [0.1, 0.15) is 0 Å². The lowest BCUT2D eigenvalue weighted by Gasteiger charge is -2.19. The number of hydrogen-bond donors (Lipinski definition) is 0. The molecule has 0 nitrogen and oxygen atoms in total. The lowest BCUT2D eigenvalue weighted by Crippen LogP contribution is -2.10. The van der Waals surface area contributed by atoms with Crippen LogP contribution in [-0.4, -0.2) is 0 Å². The standard InChI is InChI=1S/C22H22.C8H10/c1-22(2,3)21-15-13-20(14-16-21)19-11-9-18(10-12-19)17-7-5-4-6-8-17;1-7-3-5-8(2)6-4-7/h4-16H,1-3H3;3-6H,1-2H3. The molecule has 0 fully saturated rings. The third-order valence-electron chi connectivity index (χ3n) is 5.29. The molecule has 0 heterocycles. The molecule has 0 radical (unpaired) electrons. The van der Waals surface area contributed by atoms with E-state index in [0.29, 0.717) is 0 Å². The highest BCUT2D eigenvalue weighted by atomic mass is 14.2. The van der Waals surface area contributed by atoms with Crippen LogP contribution in [0.4, 0.5) is 0 Å². The molecule has 0 saturated heterocycles. The zero-order chi connectivity index (χ0) is 21.6. The second-order valence-corrected chi connectivity index (χ2v) is 8.93. The molecule has 152 valence electrons. The Balaban J connectivity index is 0.000000269. The summed E-state index contributed by atoms with van der Waals surface area (Å²) in [6.07, 6.45) is 0. The minimum atomic E-state index is 0.204. The summed E-state index contributed by atoms with van der Waals surface area (Å²) < 4.78 is 0. The first kappa shape index (κ1) is 21.6. The Morgan fingerprint density at radius 2 is 0.733 bits per heavy atom. The van der Waals surface area contributed by atoms with E-state index in [0.717, 1.165) is 0 Å². The molecule has 0 amide bonds. The van der Waals surface area contributed by atoms with E-state index < -0.39 is 0 Å². The molecule has 0 N–H and O–H groups in total. The molecule has 4 rings (SSSR count). The Labute approximate surface area is 182 Å². The van der Waals surface area contributed by atoms with E-state index in [1.807, 2.05) is 0 Å². The summed E-state index contributed by atoms with van der Waals surface area (Å²) in [5.74, 6) is 0. The molecule has 0 spiro atoms. The zero-order valence-corrected chi connectivity index (χ0v) is 18.8. The van der Waals surface area contributed by atoms with Crippen LogP contribution in [0.1, 0.15) is 37.5 Å². The molecule has 0 unspecified atom stereocenters. The molecule has 0 atom stereocenters. The molecular weight excluding hydrogens is 360 g/mol. The average molecular weight is 393 g/mol. The van der Waals surface area contributed by atoms with E-state index in [9.17, 15) is 0 Å². The maximum Gasteiger partial charge on any atom is -0.0132 e. The largest absolute Gasteiger partial charge is 0.0622 e. The SMILES string of the molecule is CC(C)(C)c1ccc(-c2ccc(-c3ccccc3)cc2)cc1.Cc1ccc(C)cc1. The van der Waals surface area contributed by atoms with Crippen LogP contribution >= 0.6 is 0 Å². The van der Waals surface area contributed by atoms with Crippen molar-refractivity contribution in [3.8, 4) is 22.3 Å². The van der Waals surface area contributed by atoms with Crippen molar-refractivity contribution < 1.29 is 0 Å². The van der Waals surface area contributed by atoms with Crippen LogP contribution in [0, 0.1) is 13.8 Å². The molecule has 0 aromatic heterocycles. The highest BCUT2D eigenvalue weighted by molar-refractivity contribution is 5.70. The monoisotopic (exact) mass is 392 g/mol. The highest BCUT2D eigenvalue weighted by Gasteiger charge is 2.13. The van der Waals surface area contributed by atoms with Gasteiger partial charge in [0.15, 0.2) is 0 Å². The van der Waals surface area contributed by atoms with Gasteiger partial charge < -0.3 is 0 Å². The molecule has 0 heteroatoms. The fourth-order valence-corrected chi connectivity index (χ4v) is 3.29. The van der Waals surface area contributed by atoms with Crippen LogP contribution in [-0.2, 0) is 5.41 Å². The summed E-state index contributed by atoms with van der Waals surface area (Å²) >= 11 is 0. The third-order valence-corrected chi connectivity index (χ3v) is 5.29. The molecule has 0 aliphatic carbocycles. The van der Waals surface area contributed by atoms with Crippen molar-refractivity contribution >= 4 is 0 Å². The average Bonchev–Trinajstić information content (AvgIpc) is 2.76. The zero-order valence-electron chi connectivity index (χ0n) is 18.8. The summed E-state index contributed by atoms with van der Waals surface area (Å²) in [5.41, 5.74) is 9.29. The Morgan fingerprint density at radius 1 is 0.400 bits per heavy atom. The molecule has 0 saturated carbocycles. The van der Waals surface area contributed by atoms with E-state index in [4.69, 9.17) is 0 Å². The Kier molecular flexibility index (Phi) is 6.90. The van der Waals surface area contributed by atoms with Crippen molar-refractivity contribution in [3.05, 3.63) is 120 Å². The maximum atomic E-state index is 2.25. The molecule has 4 aromatic rings. The van der Waals surface area contributed by atoms with Crippen molar-refractivity contribution in [2.45, 2.75) is 40.0 Å². The second kappa shape index (κ2) is 9.59. The van der Waals surface area contributed by atoms with Crippen LogP contribution in [0.15, 0.2) is 103 Å². The Hall–Kier alpha value is -3.12. The summed E-state index contributed by atoms with van der Waals surface area (Å²) in [6.45, 7) is 10.9. The first-order valence-corrected chi connectivity index (χ1v) is 10.6. The number of benzene rings is 4. The van der Waals surface area contributed by atoms with Crippen LogP contribution in [0.3, 0.4) is 0 Å². The minimum Gasteiger partial charge on any atom is -0.0622 e. The van der Waals surface area contributed by atoms with E-state index in [1.54, 1.807) is 0 Å².